The first-order valence-electron chi connectivity index (χ1n) is 7.71. The van der Waals surface area contributed by atoms with Crippen LogP contribution in [0.5, 0.6) is 0 Å². The lowest BCUT2D eigenvalue weighted by atomic mass is 10.0. The van der Waals surface area contributed by atoms with E-state index in [1.165, 1.54) is 16.9 Å². The van der Waals surface area contributed by atoms with Crippen molar-refractivity contribution in [3.05, 3.63) is 16.8 Å². The second-order valence-corrected chi connectivity index (χ2v) is 8.03. The highest BCUT2D eigenvalue weighted by Gasteiger charge is 2.23. The molecule has 2 aromatic heterocycles. The molecule has 3 rings (SSSR count). The van der Waals surface area contributed by atoms with Crippen molar-refractivity contribution >= 4 is 39.2 Å². The average Bonchev–Trinajstić information content (AvgIpc) is 2.81. The molecule has 1 aliphatic heterocycles. The Kier molecular flexibility index (Phi) is 4.68. The Morgan fingerprint density at radius 2 is 2.23 bits per heavy atom. The quantitative estimate of drug-likeness (QED) is 0.632. The monoisotopic (exact) mass is 335 g/mol. The topological polar surface area (TPSA) is 46.1 Å². The SMILES string of the molecule is Cc1sc2ncnc(SCC(=O)N3CCCC[C@H]3C)c2c1C. The van der Waals surface area contributed by atoms with E-state index in [0.29, 0.717) is 11.8 Å². The Bertz CT molecular complexity index is 698. The molecule has 1 fully saturated rings. The summed E-state index contributed by atoms with van der Waals surface area (Å²) in [6.45, 7) is 7.26. The molecule has 6 heteroatoms. The number of aryl methyl sites for hydroxylation is 2. The summed E-state index contributed by atoms with van der Waals surface area (Å²) >= 11 is 3.24. The third-order valence-electron chi connectivity index (χ3n) is 4.39. The number of thiophene rings is 1. The molecule has 1 amide bonds. The molecule has 0 aliphatic carbocycles. The van der Waals surface area contributed by atoms with Crippen molar-refractivity contribution in [3.8, 4) is 0 Å². The predicted octanol–water partition coefficient (Wildman–Crippen LogP) is 3.80. The molecule has 0 unspecified atom stereocenters. The number of nitrogens with zero attached hydrogens (tertiary/aromatic N) is 3. The molecule has 0 aromatic carbocycles. The Labute approximate surface area is 139 Å². The van der Waals surface area contributed by atoms with Gasteiger partial charge < -0.3 is 4.90 Å². The molecule has 2 aromatic rings. The Hall–Kier alpha value is -1.14. The van der Waals surface area contributed by atoms with E-state index in [2.05, 4.69) is 30.7 Å². The lowest BCUT2D eigenvalue weighted by Crippen LogP contribution is -2.42. The van der Waals surface area contributed by atoms with E-state index < -0.39 is 0 Å². The largest absolute Gasteiger partial charge is 0.339 e. The van der Waals surface area contributed by atoms with Crippen molar-refractivity contribution in [1.82, 2.24) is 14.9 Å². The van der Waals surface area contributed by atoms with Crippen LogP contribution >= 0.6 is 23.1 Å². The highest BCUT2D eigenvalue weighted by atomic mass is 32.2. The van der Waals surface area contributed by atoms with Crippen LogP contribution in [0.25, 0.3) is 10.2 Å². The third-order valence-corrected chi connectivity index (χ3v) is 6.48. The van der Waals surface area contributed by atoms with Crippen molar-refractivity contribution in [2.24, 2.45) is 0 Å². The Morgan fingerprint density at radius 1 is 1.41 bits per heavy atom. The minimum absolute atomic E-state index is 0.230. The lowest BCUT2D eigenvalue weighted by molar-refractivity contribution is -0.131. The van der Waals surface area contributed by atoms with Crippen LogP contribution < -0.4 is 0 Å². The van der Waals surface area contributed by atoms with Crippen molar-refractivity contribution < 1.29 is 4.79 Å². The molecule has 22 heavy (non-hydrogen) atoms. The summed E-state index contributed by atoms with van der Waals surface area (Å²) in [6, 6.07) is 0.373. The summed E-state index contributed by atoms with van der Waals surface area (Å²) in [6.07, 6.45) is 5.09. The average molecular weight is 335 g/mol. The second kappa shape index (κ2) is 6.54. The number of fused-ring (bicyclic) bond motifs is 1. The van der Waals surface area contributed by atoms with Gasteiger partial charge in [0.25, 0.3) is 0 Å². The van der Waals surface area contributed by atoms with E-state index in [0.717, 1.165) is 34.6 Å². The van der Waals surface area contributed by atoms with Gasteiger partial charge in [0.2, 0.25) is 5.91 Å². The van der Waals surface area contributed by atoms with Gasteiger partial charge >= 0.3 is 0 Å². The molecule has 0 spiro atoms. The van der Waals surface area contributed by atoms with Gasteiger partial charge in [-0.15, -0.1) is 11.3 Å². The molecule has 0 bridgehead atoms. The lowest BCUT2D eigenvalue weighted by Gasteiger charge is -2.33. The highest BCUT2D eigenvalue weighted by molar-refractivity contribution is 8.00. The Balaban J connectivity index is 1.75. The van der Waals surface area contributed by atoms with Crippen LogP contribution in [0.1, 0.15) is 36.6 Å². The van der Waals surface area contributed by atoms with Crippen molar-refractivity contribution in [2.45, 2.75) is 51.1 Å². The van der Waals surface area contributed by atoms with Gasteiger partial charge in [0.05, 0.1) is 5.75 Å². The Morgan fingerprint density at radius 3 is 3.00 bits per heavy atom. The third kappa shape index (κ3) is 2.99. The number of carbonyl (C=O) groups is 1. The molecule has 0 N–H and O–H groups in total. The number of hydrogen-bond donors (Lipinski definition) is 0. The number of rotatable bonds is 3. The van der Waals surface area contributed by atoms with E-state index in [1.54, 1.807) is 29.4 Å². The van der Waals surface area contributed by atoms with Crippen LogP contribution in [-0.2, 0) is 4.79 Å². The number of amides is 1. The number of hydrogen-bond acceptors (Lipinski definition) is 5. The predicted molar refractivity (Wildman–Crippen MR) is 92.6 cm³/mol. The van der Waals surface area contributed by atoms with Crippen molar-refractivity contribution in [3.63, 3.8) is 0 Å². The fourth-order valence-electron chi connectivity index (χ4n) is 2.94. The van der Waals surface area contributed by atoms with E-state index in [-0.39, 0.29) is 5.91 Å². The van der Waals surface area contributed by atoms with E-state index >= 15 is 0 Å². The van der Waals surface area contributed by atoms with Gasteiger partial charge in [0.15, 0.2) is 0 Å². The van der Waals surface area contributed by atoms with Crippen LogP contribution in [0, 0.1) is 13.8 Å². The van der Waals surface area contributed by atoms with E-state index in [4.69, 9.17) is 0 Å². The molecule has 1 atom stereocenters. The normalized spacial score (nSPS) is 18.9. The zero-order valence-corrected chi connectivity index (χ0v) is 14.9. The number of likely N-dealkylation sites (tertiary alicyclic amines) is 1. The van der Waals surface area contributed by atoms with Crippen molar-refractivity contribution in [1.29, 1.82) is 0 Å². The molecular formula is C16H21N3OS2. The summed E-state index contributed by atoms with van der Waals surface area (Å²) < 4.78 is 0. The zero-order chi connectivity index (χ0) is 15.7. The maximum Gasteiger partial charge on any atom is 0.233 e. The van der Waals surface area contributed by atoms with Gasteiger partial charge in [0.1, 0.15) is 16.2 Å². The van der Waals surface area contributed by atoms with Crippen LogP contribution in [0.4, 0.5) is 0 Å². The van der Waals surface area contributed by atoms with Crippen molar-refractivity contribution in [2.75, 3.05) is 12.3 Å². The minimum atomic E-state index is 0.230. The summed E-state index contributed by atoms with van der Waals surface area (Å²) in [5.41, 5.74) is 1.24. The van der Waals surface area contributed by atoms with Gasteiger partial charge in [-0.3, -0.25) is 4.79 Å². The fourth-order valence-corrected chi connectivity index (χ4v) is 4.94. The number of aromatic nitrogens is 2. The second-order valence-electron chi connectivity index (χ2n) is 5.86. The summed E-state index contributed by atoms with van der Waals surface area (Å²) in [4.78, 5) is 25.5. The van der Waals surface area contributed by atoms with Gasteiger partial charge in [-0.25, -0.2) is 9.97 Å². The van der Waals surface area contributed by atoms with Gasteiger partial charge in [-0.05, 0) is 45.6 Å². The summed E-state index contributed by atoms with van der Waals surface area (Å²) in [5, 5.41) is 2.05. The van der Waals surface area contributed by atoms with E-state index in [9.17, 15) is 4.79 Å². The molecular weight excluding hydrogens is 314 g/mol. The minimum Gasteiger partial charge on any atom is -0.339 e. The molecule has 1 aliphatic rings. The maximum atomic E-state index is 12.5. The standard InChI is InChI=1S/C16H21N3OS2/c1-10-6-4-5-7-19(10)13(20)8-21-15-14-11(2)12(3)22-16(14)18-9-17-15/h9-10H,4-8H2,1-3H3/t10-/m1/s1. The highest BCUT2D eigenvalue weighted by Crippen LogP contribution is 2.34. The molecule has 3 heterocycles. The van der Waals surface area contributed by atoms with Crippen LogP contribution in [0.2, 0.25) is 0 Å². The van der Waals surface area contributed by atoms with Gasteiger partial charge in [-0.1, -0.05) is 11.8 Å². The smallest absolute Gasteiger partial charge is 0.233 e. The van der Waals surface area contributed by atoms with Gasteiger partial charge in [-0.2, -0.15) is 0 Å². The van der Waals surface area contributed by atoms with Crippen LogP contribution in [0.15, 0.2) is 11.4 Å². The summed E-state index contributed by atoms with van der Waals surface area (Å²) in [5.74, 6) is 0.693. The first-order chi connectivity index (χ1) is 10.6. The first kappa shape index (κ1) is 15.7. The number of carbonyl (C=O) groups excluding carboxylic acids is 1. The fraction of sp³-hybridized carbons (Fsp3) is 0.562. The maximum absolute atomic E-state index is 12.5. The summed E-state index contributed by atoms with van der Waals surface area (Å²) in [7, 11) is 0. The molecule has 4 nitrogen and oxygen atoms in total. The van der Waals surface area contributed by atoms with Gasteiger partial charge in [0, 0.05) is 22.8 Å². The number of piperidine rings is 1. The van der Waals surface area contributed by atoms with E-state index in [1.807, 2.05) is 4.90 Å². The van der Waals surface area contributed by atoms with Crippen LogP contribution in [0.3, 0.4) is 0 Å². The zero-order valence-electron chi connectivity index (χ0n) is 13.3. The number of thioether (sulfide) groups is 1. The molecule has 0 saturated carbocycles. The van der Waals surface area contributed by atoms with Crippen LogP contribution in [-0.4, -0.2) is 39.1 Å². The molecule has 0 radical (unpaired) electrons. The molecule has 1 saturated heterocycles. The molecule has 118 valence electrons. The first-order valence-corrected chi connectivity index (χ1v) is 9.51.